The smallest absolute Gasteiger partial charge is 0.146 e. The third-order valence-corrected chi connectivity index (χ3v) is 2.82. The van der Waals surface area contributed by atoms with Crippen LogP contribution in [0.25, 0.3) is 0 Å². The Morgan fingerprint density at radius 2 is 2.28 bits per heavy atom. The molecule has 0 fully saturated rings. The molecule has 0 saturated heterocycles. The molecule has 1 heterocycles. The van der Waals surface area contributed by atoms with Gasteiger partial charge in [-0.15, -0.1) is 0 Å². The monoisotopic (exact) mass is 241 g/mol. The van der Waals surface area contributed by atoms with Gasteiger partial charge in [-0.25, -0.2) is 9.67 Å². The molecule has 0 atom stereocenters. The minimum Gasteiger partial charge on any atom is -0.377 e. The van der Waals surface area contributed by atoms with E-state index >= 15 is 0 Å². The summed E-state index contributed by atoms with van der Waals surface area (Å²) in [5.41, 5.74) is 2.49. The van der Waals surface area contributed by atoms with Crippen molar-refractivity contribution in [2.24, 2.45) is 0 Å². The van der Waals surface area contributed by atoms with Crippen LogP contribution in [0.4, 0.5) is 5.69 Å². The number of aryl methyl sites for hydroxylation is 2. The fraction of sp³-hybridized carbons (Fsp3) is 0.308. The Balaban J connectivity index is 2.16. The lowest BCUT2D eigenvalue weighted by Crippen LogP contribution is -2.10. The molecule has 5 nitrogen and oxygen atoms in total. The first kappa shape index (κ1) is 12.1. The average Bonchev–Trinajstić information content (AvgIpc) is 2.83. The summed E-state index contributed by atoms with van der Waals surface area (Å²) in [7, 11) is 0. The highest BCUT2D eigenvalue weighted by Gasteiger charge is 2.06. The molecular weight excluding hydrogens is 226 g/mol. The Morgan fingerprint density at radius 3 is 3.00 bits per heavy atom. The van der Waals surface area contributed by atoms with E-state index in [1.54, 1.807) is 6.33 Å². The van der Waals surface area contributed by atoms with E-state index < -0.39 is 0 Å². The second kappa shape index (κ2) is 5.32. The van der Waals surface area contributed by atoms with E-state index in [4.69, 9.17) is 5.26 Å². The zero-order valence-corrected chi connectivity index (χ0v) is 10.5. The van der Waals surface area contributed by atoms with Crippen molar-refractivity contribution in [3.05, 3.63) is 41.5 Å². The quantitative estimate of drug-likeness (QED) is 0.890. The Kier molecular flexibility index (Phi) is 3.58. The first-order valence-corrected chi connectivity index (χ1v) is 5.86. The van der Waals surface area contributed by atoms with E-state index in [0.29, 0.717) is 12.1 Å². The van der Waals surface area contributed by atoms with Gasteiger partial charge >= 0.3 is 0 Å². The highest BCUT2D eigenvalue weighted by molar-refractivity contribution is 5.60. The van der Waals surface area contributed by atoms with Crippen molar-refractivity contribution in [3.63, 3.8) is 0 Å². The van der Waals surface area contributed by atoms with E-state index in [2.05, 4.69) is 21.5 Å². The van der Waals surface area contributed by atoms with Crippen LogP contribution in [0.5, 0.6) is 0 Å². The molecule has 0 unspecified atom stereocenters. The summed E-state index contributed by atoms with van der Waals surface area (Å²) in [4.78, 5) is 4.19. The maximum Gasteiger partial charge on any atom is 0.146 e. The largest absolute Gasteiger partial charge is 0.377 e. The second-order valence-electron chi connectivity index (χ2n) is 3.95. The van der Waals surface area contributed by atoms with Crippen LogP contribution in [0.2, 0.25) is 0 Å². The van der Waals surface area contributed by atoms with Gasteiger partial charge in [-0.1, -0.05) is 12.1 Å². The molecule has 0 aliphatic heterocycles. The van der Waals surface area contributed by atoms with Crippen molar-refractivity contribution in [1.82, 2.24) is 14.8 Å². The molecule has 1 N–H and O–H groups in total. The zero-order chi connectivity index (χ0) is 13.0. The first-order chi connectivity index (χ1) is 8.76. The molecule has 0 radical (unpaired) electrons. The number of nitrogens with zero attached hydrogens (tertiary/aromatic N) is 4. The third kappa shape index (κ3) is 2.33. The number of rotatable bonds is 4. The molecule has 5 heteroatoms. The Bertz CT molecular complexity index is 579. The number of anilines is 1. The lowest BCUT2D eigenvalue weighted by Gasteiger charge is -2.09. The van der Waals surface area contributed by atoms with Crippen molar-refractivity contribution in [3.8, 4) is 6.07 Å². The van der Waals surface area contributed by atoms with E-state index in [1.165, 1.54) is 0 Å². The van der Waals surface area contributed by atoms with Crippen molar-refractivity contribution < 1.29 is 0 Å². The molecule has 0 amide bonds. The molecule has 2 rings (SSSR count). The van der Waals surface area contributed by atoms with Gasteiger partial charge in [-0.05, 0) is 25.5 Å². The van der Waals surface area contributed by atoms with E-state index in [9.17, 15) is 0 Å². The summed E-state index contributed by atoms with van der Waals surface area (Å²) in [5, 5.41) is 16.5. The van der Waals surface area contributed by atoms with Gasteiger partial charge in [0, 0.05) is 6.54 Å². The van der Waals surface area contributed by atoms with Gasteiger partial charge in [0.15, 0.2) is 0 Å². The SMILES string of the molecule is CCn1ncnc1CNc1cccc(C)c1C#N. The highest BCUT2D eigenvalue weighted by Crippen LogP contribution is 2.18. The Morgan fingerprint density at radius 1 is 1.44 bits per heavy atom. The molecule has 0 aliphatic rings. The molecule has 92 valence electrons. The minimum absolute atomic E-state index is 0.561. The molecule has 1 aromatic heterocycles. The number of hydrogen-bond acceptors (Lipinski definition) is 4. The van der Waals surface area contributed by atoms with Gasteiger partial charge in [0.1, 0.15) is 18.2 Å². The van der Waals surface area contributed by atoms with Crippen molar-refractivity contribution in [2.75, 3.05) is 5.32 Å². The summed E-state index contributed by atoms with van der Waals surface area (Å²) in [6, 6.07) is 7.98. The van der Waals surface area contributed by atoms with Crippen LogP contribution >= 0.6 is 0 Å². The van der Waals surface area contributed by atoms with Gasteiger partial charge in [-0.2, -0.15) is 10.4 Å². The van der Waals surface area contributed by atoms with Crippen LogP contribution in [-0.2, 0) is 13.1 Å². The standard InChI is InChI=1S/C13H15N5/c1-3-18-13(16-9-17-18)8-15-12-6-4-5-10(2)11(12)7-14/h4-6,9,15H,3,8H2,1-2H3. The average molecular weight is 241 g/mol. The summed E-state index contributed by atoms with van der Waals surface area (Å²) in [5.74, 6) is 0.864. The molecule has 0 bridgehead atoms. The van der Waals surface area contributed by atoms with Crippen LogP contribution in [-0.4, -0.2) is 14.8 Å². The van der Waals surface area contributed by atoms with E-state index in [-0.39, 0.29) is 0 Å². The van der Waals surface area contributed by atoms with Crippen LogP contribution < -0.4 is 5.32 Å². The van der Waals surface area contributed by atoms with Crippen molar-refractivity contribution in [1.29, 1.82) is 5.26 Å². The summed E-state index contributed by atoms with van der Waals surface area (Å²) in [6.45, 7) is 5.30. The van der Waals surface area contributed by atoms with Gasteiger partial charge in [0.25, 0.3) is 0 Å². The molecule has 1 aromatic carbocycles. The maximum atomic E-state index is 9.13. The number of benzene rings is 1. The van der Waals surface area contributed by atoms with E-state index in [0.717, 1.165) is 23.6 Å². The Hall–Kier alpha value is -2.35. The normalized spacial score (nSPS) is 10.1. The predicted molar refractivity (Wildman–Crippen MR) is 68.9 cm³/mol. The number of nitrogens with one attached hydrogen (secondary N) is 1. The molecular formula is C13H15N5. The van der Waals surface area contributed by atoms with E-state index in [1.807, 2.05) is 36.7 Å². The topological polar surface area (TPSA) is 66.5 Å². The molecule has 0 spiro atoms. The molecule has 18 heavy (non-hydrogen) atoms. The molecule has 2 aromatic rings. The third-order valence-electron chi connectivity index (χ3n) is 2.82. The first-order valence-electron chi connectivity index (χ1n) is 5.86. The lowest BCUT2D eigenvalue weighted by atomic mass is 10.1. The van der Waals surface area contributed by atoms with Crippen LogP contribution in [0, 0.1) is 18.3 Å². The van der Waals surface area contributed by atoms with Crippen molar-refractivity contribution in [2.45, 2.75) is 26.9 Å². The van der Waals surface area contributed by atoms with Crippen molar-refractivity contribution >= 4 is 5.69 Å². The number of hydrogen-bond donors (Lipinski definition) is 1. The minimum atomic E-state index is 0.561. The summed E-state index contributed by atoms with van der Waals surface area (Å²) >= 11 is 0. The second-order valence-corrected chi connectivity index (χ2v) is 3.95. The summed E-state index contributed by atoms with van der Waals surface area (Å²) < 4.78 is 1.83. The number of nitriles is 1. The maximum absolute atomic E-state index is 9.13. The lowest BCUT2D eigenvalue weighted by molar-refractivity contribution is 0.622. The van der Waals surface area contributed by atoms with Crippen LogP contribution in [0.3, 0.4) is 0 Å². The highest BCUT2D eigenvalue weighted by atomic mass is 15.3. The fourth-order valence-corrected chi connectivity index (χ4v) is 1.83. The summed E-state index contributed by atoms with van der Waals surface area (Å²) in [6.07, 6.45) is 1.54. The van der Waals surface area contributed by atoms with Gasteiger partial charge in [0.2, 0.25) is 0 Å². The fourth-order valence-electron chi connectivity index (χ4n) is 1.83. The van der Waals surface area contributed by atoms with Crippen LogP contribution in [0.1, 0.15) is 23.9 Å². The van der Waals surface area contributed by atoms with Gasteiger partial charge in [-0.3, -0.25) is 0 Å². The van der Waals surface area contributed by atoms with Gasteiger partial charge < -0.3 is 5.32 Å². The molecule has 0 saturated carbocycles. The zero-order valence-electron chi connectivity index (χ0n) is 10.5. The van der Waals surface area contributed by atoms with Crippen LogP contribution in [0.15, 0.2) is 24.5 Å². The Labute approximate surface area is 106 Å². The predicted octanol–water partition coefficient (Wildman–Crippen LogP) is 2.09. The number of aromatic nitrogens is 3. The molecule has 0 aliphatic carbocycles. The van der Waals surface area contributed by atoms with Gasteiger partial charge in [0.05, 0.1) is 17.8 Å².